The summed E-state index contributed by atoms with van der Waals surface area (Å²) in [6.45, 7) is 2.03. The molecule has 2 aromatic rings. The zero-order chi connectivity index (χ0) is 20.3. The van der Waals surface area contributed by atoms with Crippen LogP contribution in [0.15, 0.2) is 35.2 Å². The molecule has 152 valence electrons. The normalized spacial score (nSPS) is 15.8. The van der Waals surface area contributed by atoms with Crippen molar-refractivity contribution >= 4 is 27.4 Å². The maximum Gasteiger partial charge on any atom is 0.244 e. The monoisotopic (exact) mass is 423 g/mol. The van der Waals surface area contributed by atoms with Crippen LogP contribution in [0.25, 0.3) is 0 Å². The quantitative estimate of drug-likeness (QED) is 0.769. The molecule has 0 aliphatic carbocycles. The van der Waals surface area contributed by atoms with Crippen LogP contribution < -0.4 is 10.2 Å². The number of piperidine rings is 1. The molecule has 9 heteroatoms. The van der Waals surface area contributed by atoms with Gasteiger partial charge in [-0.1, -0.05) is 23.7 Å². The van der Waals surface area contributed by atoms with Crippen molar-refractivity contribution in [1.82, 2.24) is 19.6 Å². The summed E-state index contributed by atoms with van der Waals surface area (Å²) in [5, 5.41) is 3.56. The fraction of sp³-hybridized carbons (Fsp3) is 0.474. The van der Waals surface area contributed by atoms with Gasteiger partial charge < -0.3 is 10.2 Å². The molecule has 28 heavy (non-hydrogen) atoms. The van der Waals surface area contributed by atoms with Crippen LogP contribution in [0.3, 0.4) is 0 Å². The van der Waals surface area contributed by atoms with Crippen LogP contribution in [-0.4, -0.2) is 56.9 Å². The minimum atomic E-state index is -3.72. The maximum atomic E-state index is 12.9. The Kier molecular flexibility index (Phi) is 6.54. The third kappa shape index (κ3) is 4.63. The van der Waals surface area contributed by atoms with Gasteiger partial charge in [0.05, 0.1) is 17.3 Å². The zero-order valence-electron chi connectivity index (χ0n) is 16.4. The Bertz CT molecular complexity index is 930. The van der Waals surface area contributed by atoms with Crippen LogP contribution in [0.4, 0.5) is 5.82 Å². The van der Waals surface area contributed by atoms with Crippen LogP contribution in [-0.2, 0) is 16.6 Å². The molecule has 0 bridgehead atoms. The van der Waals surface area contributed by atoms with Gasteiger partial charge >= 0.3 is 0 Å². The van der Waals surface area contributed by atoms with Crippen molar-refractivity contribution in [3.05, 3.63) is 46.9 Å². The molecule has 7 nitrogen and oxygen atoms in total. The molecule has 0 unspecified atom stereocenters. The molecular weight excluding hydrogens is 398 g/mol. The van der Waals surface area contributed by atoms with E-state index >= 15 is 0 Å². The summed E-state index contributed by atoms with van der Waals surface area (Å²) in [6.07, 6.45) is 1.95. The van der Waals surface area contributed by atoms with Gasteiger partial charge in [0.1, 0.15) is 16.5 Å². The highest BCUT2D eigenvalue weighted by Crippen LogP contribution is 2.27. The van der Waals surface area contributed by atoms with Crippen LogP contribution in [0.2, 0.25) is 5.02 Å². The Morgan fingerprint density at radius 3 is 2.46 bits per heavy atom. The second-order valence-corrected chi connectivity index (χ2v) is 9.61. The second kappa shape index (κ2) is 8.73. The lowest BCUT2D eigenvalue weighted by Gasteiger charge is -2.24. The van der Waals surface area contributed by atoms with Gasteiger partial charge in [-0.25, -0.2) is 18.4 Å². The molecule has 1 aliphatic rings. The van der Waals surface area contributed by atoms with Crippen molar-refractivity contribution < 1.29 is 8.42 Å². The minimum Gasteiger partial charge on any atom is -0.363 e. The van der Waals surface area contributed by atoms with Gasteiger partial charge in [0.25, 0.3) is 0 Å². The third-order valence-corrected chi connectivity index (χ3v) is 7.16. The summed E-state index contributed by atoms with van der Waals surface area (Å²) in [4.78, 5) is 11.4. The van der Waals surface area contributed by atoms with Crippen molar-refractivity contribution in [1.29, 1.82) is 0 Å². The van der Waals surface area contributed by atoms with E-state index in [1.165, 1.54) is 10.4 Å². The standard InChI is InChI=1S/C19H26ClN5O2S/c1-24(2)18-12-15(22-19(23-18)14-8-10-21-11-9-14)13-25(3)28(26,27)17-7-5-4-6-16(17)20/h4-7,12,14,21H,8-11,13H2,1-3H3. The molecule has 1 aliphatic heterocycles. The average molecular weight is 424 g/mol. The van der Waals surface area contributed by atoms with Crippen LogP contribution in [0, 0.1) is 0 Å². The molecule has 1 fully saturated rings. The van der Waals surface area contributed by atoms with Gasteiger partial charge in [-0.05, 0) is 38.1 Å². The van der Waals surface area contributed by atoms with Gasteiger partial charge in [-0.15, -0.1) is 0 Å². The van der Waals surface area contributed by atoms with Gasteiger partial charge in [-0.3, -0.25) is 0 Å². The molecule has 1 N–H and O–H groups in total. The van der Waals surface area contributed by atoms with E-state index in [0.717, 1.165) is 37.6 Å². The van der Waals surface area contributed by atoms with Crippen LogP contribution in [0.1, 0.15) is 30.3 Å². The largest absolute Gasteiger partial charge is 0.363 e. The predicted octanol–water partition coefficient (Wildman–Crippen LogP) is 2.48. The number of anilines is 1. The minimum absolute atomic E-state index is 0.0969. The smallest absolute Gasteiger partial charge is 0.244 e. The Hall–Kier alpha value is -1.74. The molecule has 0 saturated carbocycles. The summed E-state index contributed by atoms with van der Waals surface area (Å²) >= 11 is 6.11. The van der Waals surface area contributed by atoms with Gasteiger partial charge in [-0.2, -0.15) is 4.31 Å². The molecule has 0 amide bonds. The first-order valence-corrected chi connectivity index (χ1v) is 11.1. The summed E-state index contributed by atoms with van der Waals surface area (Å²) in [6, 6.07) is 8.30. The highest BCUT2D eigenvalue weighted by atomic mass is 35.5. The number of rotatable bonds is 6. The van der Waals surface area contributed by atoms with E-state index in [-0.39, 0.29) is 22.4 Å². The first-order valence-electron chi connectivity index (χ1n) is 9.26. The lowest BCUT2D eigenvalue weighted by Crippen LogP contribution is -2.29. The molecule has 0 spiro atoms. The van der Waals surface area contributed by atoms with Gasteiger partial charge in [0, 0.05) is 33.1 Å². The zero-order valence-corrected chi connectivity index (χ0v) is 18.0. The van der Waals surface area contributed by atoms with E-state index in [2.05, 4.69) is 5.32 Å². The van der Waals surface area contributed by atoms with Crippen molar-refractivity contribution in [2.24, 2.45) is 0 Å². The van der Waals surface area contributed by atoms with Gasteiger partial charge in [0.15, 0.2) is 0 Å². The number of aromatic nitrogens is 2. The van der Waals surface area contributed by atoms with E-state index < -0.39 is 10.0 Å². The molecular formula is C19H26ClN5O2S. The van der Waals surface area contributed by atoms with E-state index in [1.54, 1.807) is 25.2 Å². The predicted molar refractivity (Wildman–Crippen MR) is 111 cm³/mol. The highest BCUT2D eigenvalue weighted by molar-refractivity contribution is 7.89. The SMILES string of the molecule is CN(C)c1cc(CN(C)S(=O)(=O)c2ccccc2Cl)nc(C2CCNCC2)n1. The summed E-state index contributed by atoms with van der Waals surface area (Å²) in [5.41, 5.74) is 0.672. The van der Waals surface area contributed by atoms with E-state index in [9.17, 15) is 8.42 Å². The van der Waals surface area contributed by atoms with Crippen molar-refractivity contribution in [2.45, 2.75) is 30.2 Å². The van der Waals surface area contributed by atoms with Crippen molar-refractivity contribution in [2.75, 3.05) is 39.1 Å². The van der Waals surface area contributed by atoms with Crippen molar-refractivity contribution in [3.63, 3.8) is 0 Å². The Labute approximate surface area is 171 Å². The highest BCUT2D eigenvalue weighted by Gasteiger charge is 2.25. The Morgan fingerprint density at radius 2 is 1.82 bits per heavy atom. The van der Waals surface area contributed by atoms with E-state index in [1.807, 2.05) is 25.1 Å². The topological polar surface area (TPSA) is 78.4 Å². The Balaban J connectivity index is 1.90. The Morgan fingerprint density at radius 1 is 1.14 bits per heavy atom. The number of hydrogen-bond donors (Lipinski definition) is 1. The second-order valence-electron chi connectivity index (χ2n) is 7.19. The number of sulfonamides is 1. The van der Waals surface area contributed by atoms with Crippen LogP contribution in [0.5, 0.6) is 0 Å². The molecule has 1 saturated heterocycles. The van der Waals surface area contributed by atoms with Gasteiger partial charge in [0.2, 0.25) is 10.0 Å². The molecule has 3 rings (SSSR count). The summed E-state index contributed by atoms with van der Waals surface area (Å²) in [5.74, 6) is 1.85. The summed E-state index contributed by atoms with van der Waals surface area (Å²) in [7, 11) is 1.66. The third-order valence-electron chi connectivity index (χ3n) is 4.86. The molecule has 2 heterocycles. The first kappa shape index (κ1) is 21.0. The number of benzene rings is 1. The lowest BCUT2D eigenvalue weighted by atomic mass is 9.97. The first-order chi connectivity index (χ1) is 13.3. The lowest BCUT2D eigenvalue weighted by molar-refractivity contribution is 0.437. The molecule has 0 atom stereocenters. The molecule has 0 radical (unpaired) electrons. The number of nitrogens with zero attached hydrogens (tertiary/aromatic N) is 4. The fourth-order valence-electron chi connectivity index (χ4n) is 3.21. The molecule has 1 aromatic carbocycles. The summed E-state index contributed by atoms with van der Waals surface area (Å²) < 4.78 is 27.2. The number of nitrogens with one attached hydrogen (secondary N) is 1. The van der Waals surface area contributed by atoms with E-state index in [4.69, 9.17) is 21.6 Å². The maximum absolute atomic E-state index is 12.9. The van der Waals surface area contributed by atoms with Crippen molar-refractivity contribution in [3.8, 4) is 0 Å². The fourth-order valence-corrected chi connectivity index (χ4v) is 4.84. The number of hydrogen-bond acceptors (Lipinski definition) is 6. The van der Waals surface area contributed by atoms with E-state index in [0.29, 0.717) is 5.69 Å². The average Bonchev–Trinajstić information content (AvgIpc) is 2.68. The number of halogens is 1. The molecule has 1 aromatic heterocycles. The van der Waals surface area contributed by atoms with Crippen LogP contribution >= 0.6 is 11.6 Å².